The summed E-state index contributed by atoms with van der Waals surface area (Å²) in [5.74, 6) is -6.78. The molecule has 1 aliphatic rings. The molecule has 0 saturated carbocycles. The molecule has 21 heteroatoms. The molecule has 0 saturated heterocycles. The Balaban J connectivity index is 1.24. The van der Waals surface area contributed by atoms with Crippen LogP contribution in [0.3, 0.4) is 0 Å². The fraction of sp³-hybridized carbons (Fsp3) is 0.413. The van der Waals surface area contributed by atoms with E-state index in [0.717, 1.165) is 33.2 Å². The number of H-pyrrole nitrogens is 1. The van der Waals surface area contributed by atoms with Crippen LogP contribution in [0, 0.1) is 11.8 Å². The number of amides is 8. The molecule has 84 heavy (non-hydrogen) atoms. The van der Waals surface area contributed by atoms with Gasteiger partial charge in [0.1, 0.15) is 55.1 Å². The highest BCUT2D eigenvalue weighted by Crippen LogP contribution is 2.44. The zero-order valence-electron chi connectivity index (χ0n) is 48.7. The number of carbonyl (C=O) groups is 9. The van der Waals surface area contributed by atoms with Crippen molar-refractivity contribution < 1.29 is 57.4 Å². The highest BCUT2D eigenvalue weighted by molar-refractivity contribution is 5.98. The van der Waals surface area contributed by atoms with Gasteiger partial charge in [-0.2, -0.15) is 0 Å². The van der Waals surface area contributed by atoms with Crippen LogP contribution >= 0.6 is 0 Å². The van der Waals surface area contributed by atoms with Crippen LogP contribution in [0.1, 0.15) is 102 Å². The van der Waals surface area contributed by atoms with E-state index in [2.05, 4.69) is 48.8 Å². The topological polar surface area (TPSA) is 307 Å². The van der Waals surface area contributed by atoms with Crippen molar-refractivity contribution in [3.63, 3.8) is 0 Å². The minimum atomic E-state index is -1.52. The number of hydrogen-bond acceptors (Lipinski definition) is 12. The number of benzene rings is 4. The van der Waals surface area contributed by atoms with E-state index >= 15 is 0 Å². The number of para-hydroxylation sites is 1. The van der Waals surface area contributed by atoms with Gasteiger partial charge in [0.25, 0.3) is 0 Å². The number of fused-ring (bicyclic) bond motifs is 4. The number of carbonyl (C=O) groups excluding carboxylic acids is 9. The molecule has 448 valence electrons. The maximum Gasteiger partial charge on any atom is 0.407 e. The van der Waals surface area contributed by atoms with Crippen molar-refractivity contribution in [3.8, 4) is 11.1 Å². The molecular formula is C63H79N9O12. The first-order chi connectivity index (χ1) is 40.0. The summed E-state index contributed by atoms with van der Waals surface area (Å²) in [6.07, 6.45) is 0.791. The fourth-order valence-corrected chi connectivity index (χ4v) is 9.86. The van der Waals surface area contributed by atoms with Gasteiger partial charge in [0.15, 0.2) is 0 Å². The summed E-state index contributed by atoms with van der Waals surface area (Å²) in [6.45, 7) is 15.6. The van der Waals surface area contributed by atoms with Gasteiger partial charge in [0.05, 0.1) is 6.42 Å². The van der Waals surface area contributed by atoms with Gasteiger partial charge in [-0.25, -0.2) is 14.4 Å². The number of rotatable bonds is 29. The average molecular weight is 1150 g/mol. The number of primary amides is 1. The molecule has 0 unspecified atom stereocenters. The summed E-state index contributed by atoms with van der Waals surface area (Å²) in [4.78, 5) is 127. The monoisotopic (exact) mass is 1150 g/mol. The van der Waals surface area contributed by atoms with Gasteiger partial charge >= 0.3 is 18.2 Å². The largest absolute Gasteiger partial charge is 0.460 e. The van der Waals surface area contributed by atoms with E-state index in [0.29, 0.717) is 11.1 Å². The lowest BCUT2D eigenvalue weighted by molar-refractivity contribution is -0.148. The lowest BCUT2D eigenvalue weighted by atomic mass is 9.98. The predicted molar refractivity (Wildman–Crippen MR) is 317 cm³/mol. The number of nitrogens with two attached hydrogens (primary N) is 1. The molecule has 0 radical (unpaired) electrons. The number of alkyl carbamates (subject to hydrolysis) is 2. The molecule has 1 heterocycles. The summed E-state index contributed by atoms with van der Waals surface area (Å²) in [5, 5.41) is 19.8. The Morgan fingerprint density at radius 2 is 1.18 bits per heavy atom. The lowest BCUT2D eigenvalue weighted by Gasteiger charge is -2.29. The van der Waals surface area contributed by atoms with E-state index in [1.807, 2.05) is 86.6 Å². The normalized spacial score (nSPS) is 14.0. The summed E-state index contributed by atoms with van der Waals surface area (Å²) in [7, 11) is 0. The van der Waals surface area contributed by atoms with Crippen LogP contribution in [0.4, 0.5) is 9.59 Å². The molecule has 6 atom stereocenters. The van der Waals surface area contributed by atoms with Crippen LogP contribution in [0.2, 0.25) is 0 Å². The highest BCUT2D eigenvalue weighted by Gasteiger charge is 2.36. The summed E-state index contributed by atoms with van der Waals surface area (Å²) in [6, 6.07) is 23.6. The molecule has 1 aliphatic carbocycles. The standard InChI is InChI=1S/C63H79N9O12/c1-9-30-82-60(79)52(34-53(64)73)71-57(76)50(32-39-20-11-10-12-21-39)69-58(77)51(33-40-35-66-47-27-18-17-22-41(40)47)70-56(75)49(31-37(2)3)68-55(74)48(28-19-29-65-61(80)84-63(6,7)8)67-59(78)54(38(4)5)72-62(81)83-36-46-44-25-15-13-23-42(44)43-24-14-16-26-45(43)46/h9-18,20-27,35,37-38,46,48-52,54,66H,1,19,28-34,36H2,2-8H3,(H2,64,73)(H,65,80)(H,67,78)(H,68,74)(H,69,77)(H,70,75)(H,71,76)(H,72,81)/t48-,49-,50+,51-,52+,54-/m0/s1. The predicted octanol–water partition coefficient (Wildman–Crippen LogP) is 5.90. The Labute approximate surface area is 489 Å². The minimum Gasteiger partial charge on any atom is -0.460 e. The van der Waals surface area contributed by atoms with Crippen molar-refractivity contribution in [1.29, 1.82) is 0 Å². The van der Waals surface area contributed by atoms with Gasteiger partial charge in [0.2, 0.25) is 35.4 Å². The number of aromatic nitrogens is 1. The van der Waals surface area contributed by atoms with E-state index in [-0.39, 0.29) is 63.7 Å². The lowest BCUT2D eigenvalue weighted by Crippen LogP contribution is -2.60. The molecule has 4 aromatic carbocycles. The van der Waals surface area contributed by atoms with Crippen molar-refractivity contribution >= 4 is 64.5 Å². The van der Waals surface area contributed by atoms with E-state index < -0.39 is 108 Å². The Morgan fingerprint density at radius 3 is 1.79 bits per heavy atom. The maximum absolute atomic E-state index is 14.8. The van der Waals surface area contributed by atoms with Crippen LogP contribution < -0.4 is 43.0 Å². The van der Waals surface area contributed by atoms with Crippen LogP contribution in [0.15, 0.2) is 122 Å². The Kier molecular flexibility index (Phi) is 23.2. The number of aromatic amines is 1. The zero-order valence-corrected chi connectivity index (χ0v) is 48.7. The third-order valence-electron chi connectivity index (χ3n) is 13.9. The van der Waals surface area contributed by atoms with Crippen molar-refractivity contribution in [1.82, 2.24) is 42.2 Å². The summed E-state index contributed by atoms with van der Waals surface area (Å²) in [5.41, 5.74) is 10.7. The fourth-order valence-electron chi connectivity index (χ4n) is 9.86. The second-order valence-electron chi connectivity index (χ2n) is 22.5. The number of nitrogens with one attached hydrogen (secondary N) is 8. The van der Waals surface area contributed by atoms with Crippen LogP contribution in [0.5, 0.6) is 0 Å². The molecule has 8 amide bonds. The van der Waals surface area contributed by atoms with Gasteiger partial charge in [-0.15, -0.1) is 0 Å². The smallest absolute Gasteiger partial charge is 0.407 e. The third-order valence-corrected chi connectivity index (χ3v) is 13.9. The van der Waals surface area contributed by atoms with Gasteiger partial charge in [-0.1, -0.05) is 137 Å². The maximum atomic E-state index is 14.8. The van der Waals surface area contributed by atoms with E-state index in [1.54, 1.807) is 71.1 Å². The number of ether oxygens (including phenoxy) is 3. The van der Waals surface area contributed by atoms with Gasteiger partial charge < -0.3 is 62.1 Å². The summed E-state index contributed by atoms with van der Waals surface area (Å²) >= 11 is 0. The SMILES string of the molecule is C=CCOC(=O)[C@@H](CC(N)=O)NC(=O)[C@@H](Cc1ccccc1)NC(=O)[C@H](Cc1c[nH]c2ccccc12)NC(=O)[C@H](CC(C)C)NC(=O)[C@H](CCCNC(=O)OC(C)(C)C)NC(=O)[C@@H](NC(=O)OCC1c2ccccc2-c2ccccc21)C(C)C. The molecule has 0 aliphatic heterocycles. The molecule has 0 bridgehead atoms. The molecule has 21 nitrogen and oxygen atoms in total. The second-order valence-corrected chi connectivity index (χ2v) is 22.5. The van der Waals surface area contributed by atoms with E-state index in [9.17, 15) is 43.2 Å². The van der Waals surface area contributed by atoms with E-state index in [4.69, 9.17) is 19.9 Å². The Morgan fingerprint density at radius 1 is 0.631 bits per heavy atom. The van der Waals surface area contributed by atoms with E-state index in [1.165, 1.54) is 6.08 Å². The molecular weight excluding hydrogens is 1070 g/mol. The molecule has 0 spiro atoms. The molecule has 6 rings (SSSR count). The molecule has 10 N–H and O–H groups in total. The minimum absolute atomic E-state index is 0.0112. The summed E-state index contributed by atoms with van der Waals surface area (Å²) < 4.78 is 16.3. The first kappa shape index (κ1) is 64.2. The molecule has 0 fully saturated rings. The first-order valence-electron chi connectivity index (χ1n) is 28.3. The Hall–Kier alpha value is -9.01. The third kappa shape index (κ3) is 18.8. The van der Waals surface area contributed by atoms with Gasteiger partial charge in [-0.3, -0.25) is 28.8 Å². The van der Waals surface area contributed by atoms with Crippen molar-refractivity contribution in [2.75, 3.05) is 19.8 Å². The van der Waals surface area contributed by atoms with Crippen LogP contribution in [-0.2, 0) is 60.6 Å². The van der Waals surface area contributed by atoms with Gasteiger partial charge in [0, 0.05) is 42.4 Å². The quantitative estimate of drug-likeness (QED) is 0.0117. The van der Waals surface area contributed by atoms with Gasteiger partial charge in [-0.05, 0) is 91.3 Å². The zero-order chi connectivity index (χ0) is 61.1. The highest BCUT2D eigenvalue weighted by atomic mass is 16.6. The number of hydrogen-bond donors (Lipinski definition) is 9. The molecule has 1 aromatic heterocycles. The number of esters is 1. The first-order valence-corrected chi connectivity index (χ1v) is 28.3. The Bertz CT molecular complexity index is 3090. The van der Waals surface area contributed by atoms with Crippen LogP contribution in [-0.4, -0.2) is 120 Å². The van der Waals surface area contributed by atoms with Crippen molar-refractivity contribution in [3.05, 3.63) is 144 Å². The average Bonchev–Trinajstić information content (AvgIpc) is 2.65. The van der Waals surface area contributed by atoms with Crippen LogP contribution in [0.25, 0.3) is 22.0 Å². The van der Waals surface area contributed by atoms with Crippen molar-refractivity contribution in [2.45, 2.75) is 135 Å². The van der Waals surface area contributed by atoms with Crippen molar-refractivity contribution in [2.24, 2.45) is 17.6 Å². The molecule has 5 aromatic rings. The second kappa shape index (κ2) is 30.3.